The van der Waals surface area contributed by atoms with Crippen LogP contribution in [-0.2, 0) is 0 Å². The first-order chi connectivity index (χ1) is 23.8. The zero-order valence-electron chi connectivity index (χ0n) is 25.8. The summed E-state index contributed by atoms with van der Waals surface area (Å²) >= 11 is 0. The molecule has 4 heterocycles. The molecule has 6 aromatic carbocycles. The van der Waals surface area contributed by atoms with Crippen LogP contribution in [0.2, 0.25) is 0 Å². The second kappa shape index (κ2) is 10.6. The Bertz CT molecular complexity index is 2660. The van der Waals surface area contributed by atoms with E-state index in [1.807, 2.05) is 54.6 Å². The van der Waals surface area contributed by atoms with Crippen molar-refractivity contribution in [3.63, 3.8) is 0 Å². The smallest absolute Gasteiger partial charge is 0.201 e. The van der Waals surface area contributed by atoms with Gasteiger partial charge in [-0.2, -0.15) is 0 Å². The van der Waals surface area contributed by atoms with Gasteiger partial charge in [0.15, 0.2) is 5.84 Å². The maximum absolute atomic E-state index is 6.23. The van der Waals surface area contributed by atoms with Crippen LogP contribution in [0.4, 0.5) is 5.88 Å². The minimum Gasteiger partial charge on any atom is -0.456 e. The SMILES string of the molecule is C1=Cc2c(oc3cccc(-c4ccc5c(C6=NC(c7cccc8oc9ccccc9c78)=NC(c7ccccc7)N6)cccc5c4)c23)NC1. The van der Waals surface area contributed by atoms with Gasteiger partial charge < -0.3 is 19.5 Å². The molecule has 6 heteroatoms. The molecule has 2 aromatic heterocycles. The summed E-state index contributed by atoms with van der Waals surface area (Å²) in [4.78, 5) is 10.4. The van der Waals surface area contributed by atoms with Crippen molar-refractivity contribution in [3.8, 4) is 11.1 Å². The van der Waals surface area contributed by atoms with Crippen molar-refractivity contribution < 1.29 is 8.83 Å². The first kappa shape index (κ1) is 26.8. The number of anilines is 1. The van der Waals surface area contributed by atoms with Gasteiger partial charge in [-0.05, 0) is 51.7 Å². The van der Waals surface area contributed by atoms with Crippen LogP contribution in [0.5, 0.6) is 0 Å². The molecular formula is C42H28N4O2. The molecule has 0 fully saturated rings. The number of rotatable bonds is 4. The highest BCUT2D eigenvalue weighted by molar-refractivity contribution is 6.23. The molecule has 0 aliphatic carbocycles. The van der Waals surface area contributed by atoms with Gasteiger partial charge >= 0.3 is 0 Å². The van der Waals surface area contributed by atoms with Gasteiger partial charge in [0.25, 0.3) is 0 Å². The summed E-state index contributed by atoms with van der Waals surface area (Å²) in [6.45, 7) is 0.768. The first-order valence-electron chi connectivity index (χ1n) is 16.2. The van der Waals surface area contributed by atoms with E-state index in [0.717, 1.165) is 95.3 Å². The second-order valence-electron chi connectivity index (χ2n) is 12.2. The van der Waals surface area contributed by atoms with Crippen LogP contribution in [0, 0.1) is 0 Å². The fourth-order valence-corrected chi connectivity index (χ4v) is 7.16. The molecule has 2 N–H and O–H groups in total. The highest BCUT2D eigenvalue weighted by atomic mass is 16.4. The Hall–Kier alpha value is -6.40. The van der Waals surface area contributed by atoms with Crippen LogP contribution in [0.25, 0.3) is 60.9 Å². The van der Waals surface area contributed by atoms with E-state index in [1.54, 1.807) is 0 Å². The molecular weight excluding hydrogens is 592 g/mol. The Morgan fingerprint density at radius 1 is 0.625 bits per heavy atom. The van der Waals surface area contributed by atoms with Crippen molar-refractivity contribution in [1.29, 1.82) is 0 Å². The molecule has 0 saturated carbocycles. The molecule has 2 aliphatic heterocycles. The number of aliphatic imine (C=N–C) groups is 2. The van der Waals surface area contributed by atoms with Crippen LogP contribution in [-0.4, -0.2) is 18.2 Å². The van der Waals surface area contributed by atoms with Crippen LogP contribution in [0.1, 0.15) is 28.4 Å². The van der Waals surface area contributed by atoms with E-state index in [9.17, 15) is 0 Å². The molecule has 228 valence electrons. The van der Waals surface area contributed by atoms with E-state index < -0.39 is 0 Å². The van der Waals surface area contributed by atoms with Gasteiger partial charge in [-0.1, -0.05) is 115 Å². The van der Waals surface area contributed by atoms with Gasteiger partial charge in [0.2, 0.25) is 5.88 Å². The number of benzene rings is 6. The molecule has 0 bridgehead atoms. The Morgan fingerprint density at radius 3 is 2.31 bits per heavy atom. The summed E-state index contributed by atoms with van der Waals surface area (Å²) in [5, 5.41) is 12.5. The third-order valence-corrected chi connectivity index (χ3v) is 9.37. The molecule has 1 atom stereocenters. The van der Waals surface area contributed by atoms with Crippen LogP contribution >= 0.6 is 0 Å². The van der Waals surface area contributed by atoms with E-state index in [-0.39, 0.29) is 6.17 Å². The van der Waals surface area contributed by atoms with Gasteiger partial charge in [0, 0.05) is 39.4 Å². The minimum atomic E-state index is -0.316. The summed E-state index contributed by atoms with van der Waals surface area (Å²) in [7, 11) is 0. The topological polar surface area (TPSA) is 75.1 Å². The molecule has 1 unspecified atom stereocenters. The van der Waals surface area contributed by atoms with Crippen LogP contribution < -0.4 is 10.6 Å². The number of nitrogens with one attached hydrogen (secondary N) is 2. The predicted molar refractivity (Wildman–Crippen MR) is 196 cm³/mol. The summed E-state index contributed by atoms with van der Waals surface area (Å²) in [6.07, 6.45) is 3.97. The molecule has 0 saturated heterocycles. The molecule has 0 amide bonds. The van der Waals surface area contributed by atoms with E-state index in [1.165, 1.54) is 0 Å². The number of amidine groups is 2. The van der Waals surface area contributed by atoms with Gasteiger partial charge in [-0.15, -0.1) is 0 Å². The van der Waals surface area contributed by atoms with E-state index >= 15 is 0 Å². The zero-order valence-corrected chi connectivity index (χ0v) is 25.8. The van der Waals surface area contributed by atoms with Gasteiger partial charge in [0.1, 0.15) is 28.8 Å². The Labute approximate surface area is 275 Å². The largest absolute Gasteiger partial charge is 0.456 e. The van der Waals surface area contributed by atoms with Crippen molar-refractivity contribution in [3.05, 3.63) is 156 Å². The number of nitrogens with zero attached hydrogens (tertiary/aromatic N) is 2. The highest BCUT2D eigenvalue weighted by Crippen LogP contribution is 2.40. The summed E-state index contributed by atoms with van der Waals surface area (Å²) in [6, 6.07) is 43.9. The molecule has 6 nitrogen and oxygen atoms in total. The quantitative estimate of drug-likeness (QED) is 0.205. The Balaban J connectivity index is 1.13. The highest BCUT2D eigenvalue weighted by Gasteiger charge is 2.25. The Kier molecular flexibility index (Phi) is 5.90. The van der Waals surface area contributed by atoms with Gasteiger partial charge in [-0.25, -0.2) is 9.98 Å². The van der Waals surface area contributed by atoms with E-state index in [4.69, 9.17) is 18.8 Å². The van der Waals surface area contributed by atoms with Crippen LogP contribution in [0.3, 0.4) is 0 Å². The molecule has 8 aromatic rings. The molecule has 10 rings (SSSR count). The van der Waals surface area contributed by atoms with Crippen molar-refractivity contribution in [1.82, 2.24) is 5.32 Å². The number of hydrogen-bond donors (Lipinski definition) is 2. The lowest BCUT2D eigenvalue weighted by Crippen LogP contribution is -2.33. The summed E-state index contributed by atoms with van der Waals surface area (Å²) in [5.74, 6) is 2.27. The third-order valence-electron chi connectivity index (χ3n) is 9.37. The van der Waals surface area contributed by atoms with Gasteiger partial charge in [0.05, 0.1) is 0 Å². The lowest BCUT2D eigenvalue weighted by atomic mass is 9.94. The number of furan rings is 2. The normalized spacial score (nSPS) is 15.7. The molecule has 0 radical (unpaired) electrons. The van der Waals surface area contributed by atoms with Crippen molar-refractivity contribution in [2.45, 2.75) is 6.17 Å². The Morgan fingerprint density at radius 2 is 1.40 bits per heavy atom. The van der Waals surface area contributed by atoms with Crippen molar-refractivity contribution >= 4 is 67.3 Å². The molecule has 0 spiro atoms. The maximum Gasteiger partial charge on any atom is 0.201 e. The van der Waals surface area contributed by atoms with Gasteiger partial charge in [-0.3, -0.25) is 0 Å². The number of fused-ring (bicyclic) bond motifs is 7. The third kappa shape index (κ3) is 4.19. The summed E-state index contributed by atoms with van der Waals surface area (Å²) < 4.78 is 12.4. The van der Waals surface area contributed by atoms with E-state index in [0.29, 0.717) is 5.84 Å². The minimum absolute atomic E-state index is 0.316. The predicted octanol–water partition coefficient (Wildman–Crippen LogP) is 10.1. The maximum atomic E-state index is 6.23. The van der Waals surface area contributed by atoms with E-state index in [2.05, 4.69) is 95.6 Å². The first-order valence-corrected chi connectivity index (χ1v) is 16.2. The fraction of sp³-hybridized carbons (Fsp3) is 0.0476. The standard InChI is InChI=1S/C42H28N4O2/c1-2-10-25(11-3-1)39-44-40(46-41(45-39)32-16-8-19-35-38(32)31-13-4-5-18-34(31)47-35)30-15-6-12-26-24-27(21-22-28(26)30)29-14-7-20-36-37(29)33-17-9-23-43-42(33)48-36/h1-22,24,39,43H,23H2,(H,44,45,46). The molecule has 2 aliphatic rings. The zero-order chi connectivity index (χ0) is 31.6. The van der Waals surface area contributed by atoms with Crippen molar-refractivity contribution in [2.75, 3.05) is 11.9 Å². The lowest BCUT2D eigenvalue weighted by Gasteiger charge is -2.24. The van der Waals surface area contributed by atoms with Crippen LogP contribution in [0.15, 0.2) is 152 Å². The monoisotopic (exact) mass is 620 g/mol. The average molecular weight is 621 g/mol. The average Bonchev–Trinajstić information content (AvgIpc) is 3.73. The van der Waals surface area contributed by atoms with Crippen molar-refractivity contribution in [2.24, 2.45) is 9.98 Å². The number of hydrogen-bond acceptors (Lipinski definition) is 6. The number of para-hydroxylation sites is 1. The lowest BCUT2D eigenvalue weighted by molar-refractivity contribution is 0.628. The molecule has 48 heavy (non-hydrogen) atoms. The fourth-order valence-electron chi connectivity index (χ4n) is 7.16. The second-order valence-corrected chi connectivity index (χ2v) is 12.2. The summed E-state index contributed by atoms with van der Waals surface area (Å²) in [5.41, 5.74) is 8.95.